The van der Waals surface area contributed by atoms with E-state index in [1.54, 1.807) is 62.1 Å². The third-order valence-corrected chi connectivity index (χ3v) is 7.34. The molecule has 0 aliphatic heterocycles. The van der Waals surface area contributed by atoms with Crippen LogP contribution in [0, 0.1) is 10.8 Å². The van der Waals surface area contributed by atoms with Crippen molar-refractivity contribution in [2.45, 2.75) is 12.8 Å². The van der Waals surface area contributed by atoms with Gasteiger partial charge in [-0.05, 0) is 24.3 Å². The Morgan fingerprint density at radius 2 is 0.800 bits per heavy atom. The minimum Gasteiger partial charge on any atom is -0.388 e. The van der Waals surface area contributed by atoms with E-state index in [2.05, 4.69) is 31.9 Å². The fourth-order valence-electron chi connectivity index (χ4n) is 4.92. The van der Waals surface area contributed by atoms with Gasteiger partial charge in [0.1, 0.15) is 22.8 Å². The first-order chi connectivity index (χ1) is 23.6. The summed E-state index contributed by atoms with van der Waals surface area (Å²) in [6.45, 7) is 0.412. The molecular formula is C31H40N14O5. The van der Waals surface area contributed by atoms with Gasteiger partial charge in [0.25, 0.3) is 23.6 Å². The second-order valence-corrected chi connectivity index (χ2v) is 11.4. The summed E-state index contributed by atoms with van der Waals surface area (Å²) in [5, 5.41) is 30.7. The Morgan fingerprint density at radius 1 is 0.520 bits per heavy atom. The molecule has 12 N–H and O–H groups in total. The normalized spacial score (nSPS) is 10.6. The number of aromatic nitrogens is 4. The lowest BCUT2D eigenvalue weighted by Gasteiger charge is -2.04. The number of carbonyl (C=O) groups is 5. The minimum absolute atomic E-state index is 0.0405. The van der Waals surface area contributed by atoms with Crippen LogP contribution in [0.4, 0.5) is 27.5 Å². The predicted molar refractivity (Wildman–Crippen MR) is 188 cm³/mol. The lowest BCUT2D eigenvalue weighted by atomic mass is 10.3. The number of aryl methyl sites for hydroxylation is 4. The van der Waals surface area contributed by atoms with Gasteiger partial charge in [-0.3, -0.25) is 30.0 Å². The van der Waals surface area contributed by atoms with Gasteiger partial charge in [0.15, 0.2) is 0 Å². The molecule has 4 rings (SSSR count). The second-order valence-electron chi connectivity index (χ2n) is 11.4. The molecule has 4 heterocycles. The molecular weight excluding hydrogens is 648 g/mol. The van der Waals surface area contributed by atoms with Crippen LogP contribution in [0.5, 0.6) is 0 Å². The van der Waals surface area contributed by atoms with Gasteiger partial charge in [0.2, 0.25) is 0 Å². The van der Waals surface area contributed by atoms with E-state index in [0.717, 1.165) is 0 Å². The molecule has 19 nitrogen and oxygen atoms in total. The predicted octanol–water partition coefficient (Wildman–Crippen LogP) is 1.30. The SMILES string of the molecule is Cn1cc(NC(=O)c2cc(NC(=O)Nc3cc(C(=O)Nc4cc(C(=O)NCCC(=N)N)n(C)c4)n(C)c3)cn2C)cc1C(=O)NCCC(=N)N. The zero-order valence-corrected chi connectivity index (χ0v) is 27.9. The zero-order chi connectivity index (χ0) is 36.7. The number of hydrogen-bond acceptors (Lipinski definition) is 7. The van der Waals surface area contributed by atoms with Crippen LogP contribution in [0.15, 0.2) is 49.1 Å². The summed E-state index contributed by atoms with van der Waals surface area (Å²) in [6.07, 6.45) is 6.70. The van der Waals surface area contributed by atoms with E-state index < -0.39 is 17.8 Å². The van der Waals surface area contributed by atoms with E-state index in [1.165, 1.54) is 33.4 Å². The van der Waals surface area contributed by atoms with Gasteiger partial charge in [0.05, 0.1) is 34.4 Å². The molecule has 0 saturated heterocycles. The number of anilines is 4. The number of nitrogens with two attached hydrogens (primary N) is 2. The van der Waals surface area contributed by atoms with Crippen molar-refractivity contribution in [2.24, 2.45) is 39.7 Å². The maximum Gasteiger partial charge on any atom is 0.323 e. The lowest BCUT2D eigenvalue weighted by Crippen LogP contribution is -2.28. The number of amides is 6. The van der Waals surface area contributed by atoms with E-state index >= 15 is 0 Å². The highest BCUT2D eigenvalue weighted by Gasteiger charge is 2.19. The quantitative estimate of drug-likeness (QED) is 0.0684. The van der Waals surface area contributed by atoms with Crippen molar-refractivity contribution >= 4 is 64.1 Å². The number of nitrogens with zero attached hydrogens (tertiary/aromatic N) is 4. The molecule has 50 heavy (non-hydrogen) atoms. The van der Waals surface area contributed by atoms with Crippen LogP contribution in [-0.2, 0) is 28.2 Å². The van der Waals surface area contributed by atoms with Gasteiger partial charge in [-0.1, -0.05) is 0 Å². The molecule has 0 spiro atoms. The smallest absolute Gasteiger partial charge is 0.323 e. The van der Waals surface area contributed by atoms with E-state index in [9.17, 15) is 24.0 Å². The first-order valence-electron chi connectivity index (χ1n) is 15.2. The van der Waals surface area contributed by atoms with Crippen molar-refractivity contribution in [1.82, 2.24) is 28.9 Å². The maximum atomic E-state index is 13.0. The van der Waals surface area contributed by atoms with Crippen LogP contribution in [0.1, 0.15) is 54.8 Å². The van der Waals surface area contributed by atoms with Gasteiger partial charge in [0, 0.05) is 78.9 Å². The molecule has 0 fully saturated rings. The molecule has 0 bridgehead atoms. The minimum atomic E-state index is -0.618. The van der Waals surface area contributed by atoms with Crippen molar-refractivity contribution in [3.05, 3.63) is 71.8 Å². The standard InChI is InChI=1S/C31H40N14O5/c1-42-13-17(9-21(42)27(46)36-7-5-25(32)33)38-29(48)23-11-19(15-44(23)3)40-31(50)41-20-12-24(45(4)16-20)30(49)39-18-10-22(43(2)14-18)28(47)37-8-6-26(34)35/h9-16H,5-8H2,1-4H3,(H3,32,33)(H3,34,35)(H,36,46)(H,37,47)(H,38,48)(H,39,49)(H2,40,41,50). The summed E-state index contributed by atoms with van der Waals surface area (Å²) in [7, 11) is 6.58. The highest BCUT2D eigenvalue weighted by molar-refractivity contribution is 6.08. The van der Waals surface area contributed by atoms with Gasteiger partial charge in [-0.25, -0.2) is 4.79 Å². The Morgan fingerprint density at radius 3 is 1.10 bits per heavy atom. The molecule has 264 valence electrons. The van der Waals surface area contributed by atoms with Crippen molar-refractivity contribution in [3.63, 3.8) is 0 Å². The number of hydrogen-bond donors (Lipinski definition) is 10. The number of amidine groups is 2. The molecule has 0 aliphatic carbocycles. The number of urea groups is 1. The number of carbonyl (C=O) groups excluding carboxylic acids is 5. The summed E-state index contributed by atoms with van der Waals surface area (Å²) in [5.41, 5.74) is 13.1. The molecule has 0 aliphatic rings. The van der Waals surface area contributed by atoms with Gasteiger partial charge >= 0.3 is 6.03 Å². The van der Waals surface area contributed by atoms with Crippen LogP contribution < -0.4 is 43.4 Å². The van der Waals surface area contributed by atoms with Crippen molar-refractivity contribution < 1.29 is 24.0 Å². The molecule has 4 aromatic heterocycles. The Hall–Kier alpha value is -6.79. The molecule has 0 atom stereocenters. The average Bonchev–Trinajstić information content (AvgIpc) is 3.77. The molecule has 19 heteroatoms. The zero-order valence-electron chi connectivity index (χ0n) is 27.9. The summed E-state index contributed by atoms with van der Waals surface area (Å²) in [4.78, 5) is 63.8. The topological polar surface area (TPSA) is 277 Å². The Labute approximate surface area is 286 Å². The summed E-state index contributed by atoms with van der Waals surface area (Å²) < 4.78 is 6.16. The lowest BCUT2D eigenvalue weighted by molar-refractivity contribution is 0.0938. The van der Waals surface area contributed by atoms with Crippen LogP contribution in [0.25, 0.3) is 0 Å². The Bertz CT molecular complexity index is 1840. The van der Waals surface area contributed by atoms with Crippen LogP contribution >= 0.6 is 0 Å². The third-order valence-electron chi connectivity index (χ3n) is 7.34. The highest BCUT2D eigenvalue weighted by atomic mass is 16.2. The Kier molecular flexibility index (Phi) is 11.1. The number of nitrogens with one attached hydrogen (secondary N) is 8. The van der Waals surface area contributed by atoms with E-state index in [1.807, 2.05) is 0 Å². The number of rotatable bonds is 14. The second kappa shape index (κ2) is 15.4. The summed E-state index contributed by atoms with van der Waals surface area (Å²) >= 11 is 0. The van der Waals surface area contributed by atoms with E-state index in [0.29, 0.717) is 34.1 Å². The first kappa shape index (κ1) is 36.1. The summed E-state index contributed by atoms with van der Waals surface area (Å²) in [5.74, 6) is -1.80. The third kappa shape index (κ3) is 9.18. The fraction of sp³-hybridized carbons (Fsp3) is 0.258. The van der Waals surface area contributed by atoms with Gasteiger partial charge < -0.3 is 61.6 Å². The molecule has 0 aromatic carbocycles. The monoisotopic (exact) mass is 688 g/mol. The van der Waals surface area contributed by atoms with Crippen molar-refractivity contribution in [3.8, 4) is 0 Å². The average molecular weight is 689 g/mol. The molecule has 0 saturated carbocycles. The highest BCUT2D eigenvalue weighted by Crippen LogP contribution is 2.20. The molecule has 0 unspecified atom stereocenters. The maximum absolute atomic E-state index is 13.0. The van der Waals surface area contributed by atoms with Crippen LogP contribution in [-0.4, -0.2) is 72.7 Å². The van der Waals surface area contributed by atoms with Crippen molar-refractivity contribution in [1.29, 1.82) is 10.8 Å². The summed E-state index contributed by atoms with van der Waals surface area (Å²) in [6, 6.07) is 5.37. The van der Waals surface area contributed by atoms with Crippen molar-refractivity contribution in [2.75, 3.05) is 34.4 Å². The molecule has 4 aromatic rings. The largest absolute Gasteiger partial charge is 0.388 e. The van der Waals surface area contributed by atoms with Crippen LogP contribution in [0.2, 0.25) is 0 Å². The van der Waals surface area contributed by atoms with E-state index in [4.69, 9.17) is 22.3 Å². The fourth-order valence-corrected chi connectivity index (χ4v) is 4.92. The van der Waals surface area contributed by atoms with Crippen LogP contribution in [0.3, 0.4) is 0 Å². The van der Waals surface area contributed by atoms with E-state index in [-0.39, 0.29) is 60.8 Å². The first-order valence-corrected chi connectivity index (χ1v) is 15.2. The molecule has 6 amide bonds. The Balaban J connectivity index is 1.33. The van der Waals surface area contributed by atoms with Gasteiger partial charge in [-0.2, -0.15) is 0 Å². The van der Waals surface area contributed by atoms with Gasteiger partial charge in [-0.15, -0.1) is 0 Å². The molecule has 0 radical (unpaired) electrons.